The van der Waals surface area contributed by atoms with Gasteiger partial charge in [0, 0.05) is 32.3 Å². The fourth-order valence-electron chi connectivity index (χ4n) is 2.26. The second-order valence-corrected chi connectivity index (χ2v) is 4.24. The Morgan fingerprint density at radius 1 is 1.57 bits per heavy atom. The summed E-state index contributed by atoms with van der Waals surface area (Å²) in [5, 5.41) is 0. The molecule has 0 aliphatic carbocycles. The molecular formula is C11H24N2O. The Morgan fingerprint density at radius 3 is 3.00 bits per heavy atom. The molecule has 0 radical (unpaired) electrons. The predicted octanol–water partition coefficient (Wildman–Crippen LogP) is 1.22. The maximum absolute atomic E-state index is 6.03. The number of nitrogens with zero attached hydrogens (tertiary/aromatic N) is 1. The quantitative estimate of drug-likeness (QED) is 0.701. The molecule has 3 nitrogen and oxygen atoms in total. The third-order valence-electron chi connectivity index (χ3n) is 3.13. The number of hydrogen-bond donors (Lipinski definition) is 1. The van der Waals surface area contributed by atoms with Gasteiger partial charge in [-0.1, -0.05) is 6.92 Å². The zero-order valence-electron chi connectivity index (χ0n) is 9.54. The van der Waals surface area contributed by atoms with E-state index in [1.807, 2.05) is 0 Å². The molecule has 3 heteroatoms. The number of nitrogens with two attached hydrogens (primary N) is 1. The predicted molar refractivity (Wildman–Crippen MR) is 59.4 cm³/mol. The van der Waals surface area contributed by atoms with Crippen LogP contribution in [0.2, 0.25) is 0 Å². The van der Waals surface area contributed by atoms with Crippen molar-refractivity contribution >= 4 is 0 Å². The summed E-state index contributed by atoms with van der Waals surface area (Å²) in [5.74, 6) is 0. The van der Waals surface area contributed by atoms with Crippen LogP contribution in [-0.2, 0) is 4.74 Å². The second kappa shape index (κ2) is 6.38. The number of hydrogen-bond acceptors (Lipinski definition) is 3. The summed E-state index contributed by atoms with van der Waals surface area (Å²) in [6, 6.07) is 1.06. The lowest BCUT2D eigenvalue weighted by Crippen LogP contribution is -2.40. The largest absolute Gasteiger partial charge is 0.385 e. The molecular weight excluding hydrogens is 176 g/mol. The van der Waals surface area contributed by atoms with Gasteiger partial charge in [-0.2, -0.15) is 0 Å². The van der Waals surface area contributed by atoms with Crippen LogP contribution in [0.25, 0.3) is 0 Å². The van der Waals surface area contributed by atoms with Crippen molar-refractivity contribution in [3.63, 3.8) is 0 Å². The van der Waals surface area contributed by atoms with Crippen LogP contribution in [-0.4, -0.2) is 43.8 Å². The summed E-state index contributed by atoms with van der Waals surface area (Å²) in [5.41, 5.74) is 6.03. The average Bonchev–Trinajstić information content (AvgIpc) is 2.62. The Balaban J connectivity index is 2.21. The number of ether oxygens (including phenoxy) is 1. The molecule has 1 aliphatic heterocycles. The maximum atomic E-state index is 6.03. The van der Waals surface area contributed by atoms with Gasteiger partial charge in [0.1, 0.15) is 0 Å². The summed E-state index contributed by atoms with van der Waals surface area (Å²) >= 11 is 0. The van der Waals surface area contributed by atoms with Crippen molar-refractivity contribution < 1.29 is 4.74 Å². The van der Waals surface area contributed by atoms with Crippen LogP contribution in [0, 0.1) is 0 Å². The van der Waals surface area contributed by atoms with E-state index < -0.39 is 0 Å². The molecule has 14 heavy (non-hydrogen) atoms. The topological polar surface area (TPSA) is 38.5 Å². The first kappa shape index (κ1) is 12.0. The molecule has 2 N–H and O–H groups in total. The smallest absolute Gasteiger partial charge is 0.0477 e. The average molecular weight is 200 g/mol. The summed E-state index contributed by atoms with van der Waals surface area (Å²) in [4.78, 5) is 2.54. The number of methoxy groups -OCH3 is 1. The number of likely N-dealkylation sites (tertiary alicyclic amines) is 1. The van der Waals surface area contributed by atoms with Crippen molar-refractivity contribution in [1.29, 1.82) is 0 Å². The summed E-state index contributed by atoms with van der Waals surface area (Å²) in [7, 11) is 1.73. The van der Waals surface area contributed by atoms with Gasteiger partial charge in [-0.25, -0.2) is 0 Å². The van der Waals surface area contributed by atoms with E-state index in [0.717, 1.165) is 25.6 Å². The SMILES string of the molecule is CCC1CCCN1CC(N)CCOC. The zero-order valence-corrected chi connectivity index (χ0v) is 9.54. The first-order valence-corrected chi connectivity index (χ1v) is 5.76. The zero-order chi connectivity index (χ0) is 10.4. The van der Waals surface area contributed by atoms with Gasteiger partial charge in [-0.3, -0.25) is 4.90 Å². The van der Waals surface area contributed by atoms with Gasteiger partial charge >= 0.3 is 0 Å². The van der Waals surface area contributed by atoms with Gasteiger partial charge in [0.15, 0.2) is 0 Å². The highest BCUT2D eigenvalue weighted by molar-refractivity contribution is 4.80. The van der Waals surface area contributed by atoms with Crippen LogP contribution < -0.4 is 5.73 Å². The minimum Gasteiger partial charge on any atom is -0.385 e. The van der Waals surface area contributed by atoms with Crippen molar-refractivity contribution in [3.05, 3.63) is 0 Å². The van der Waals surface area contributed by atoms with E-state index in [4.69, 9.17) is 10.5 Å². The standard InChI is InChI=1S/C11H24N2O/c1-3-11-5-4-7-13(11)9-10(12)6-8-14-2/h10-11H,3-9,12H2,1-2H3. The van der Waals surface area contributed by atoms with E-state index in [0.29, 0.717) is 0 Å². The highest BCUT2D eigenvalue weighted by Crippen LogP contribution is 2.19. The van der Waals surface area contributed by atoms with Gasteiger partial charge in [-0.05, 0) is 32.2 Å². The van der Waals surface area contributed by atoms with Gasteiger partial charge in [0.25, 0.3) is 0 Å². The molecule has 2 atom stereocenters. The van der Waals surface area contributed by atoms with E-state index in [-0.39, 0.29) is 6.04 Å². The monoisotopic (exact) mass is 200 g/mol. The van der Waals surface area contributed by atoms with Crippen LogP contribution in [0.4, 0.5) is 0 Å². The lowest BCUT2D eigenvalue weighted by atomic mass is 10.1. The van der Waals surface area contributed by atoms with Gasteiger partial charge in [0.05, 0.1) is 0 Å². The minimum atomic E-state index is 0.280. The summed E-state index contributed by atoms with van der Waals surface area (Å²) in [6.45, 7) is 5.33. The Labute approximate surface area is 87.6 Å². The third-order valence-corrected chi connectivity index (χ3v) is 3.13. The molecule has 2 unspecified atom stereocenters. The highest BCUT2D eigenvalue weighted by atomic mass is 16.5. The van der Waals surface area contributed by atoms with Crippen LogP contribution in [0.1, 0.15) is 32.6 Å². The molecule has 0 spiro atoms. The fourth-order valence-corrected chi connectivity index (χ4v) is 2.26. The molecule has 84 valence electrons. The summed E-state index contributed by atoms with van der Waals surface area (Å²) < 4.78 is 5.03. The lowest BCUT2D eigenvalue weighted by molar-refractivity contribution is 0.170. The molecule has 0 amide bonds. The Bertz CT molecular complexity index is 152. The second-order valence-electron chi connectivity index (χ2n) is 4.24. The molecule has 0 bridgehead atoms. The Hall–Kier alpha value is -0.120. The van der Waals surface area contributed by atoms with Crippen molar-refractivity contribution in [1.82, 2.24) is 4.90 Å². The minimum absolute atomic E-state index is 0.280. The van der Waals surface area contributed by atoms with E-state index in [2.05, 4.69) is 11.8 Å². The Kier molecular flexibility index (Phi) is 5.45. The van der Waals surface area contributed by atoms with E-state index in [9.17, 15) is 0 Å². The molecule has 1 heterocycles. The van der Waals surface area contributed by atoms with Crippen LogP contribution >= 0.6 is 0 Å². The van der Waals surface area contributed by atoms with E-state index in [1.165, 1.54) is 25.8 Å². The molecule has 0 aromatic carbocycles. The highest BCUT2D eigenvalue weighted by Gasteiger charge is 2.23. The maximum Gasteiger partial charge on any atom is 0.0477 e. The molecule has 1 saturated heterocycles. The molecule has 0 saturated carbocycles. The van der Waals surface area contributed by atoms with Crippen molar-refractivity contribution in [2.75, 3.05) is 26.8 Å². The van der Waals surface area contributed by atoms with Crippen LogP contribution in [0.5, 0.6) is 0 Å². The number of rotatable bonds is 6. The van der Waals surface area contributed by atoms with Gasteiger partial charge < -0.3 is 10.5 Å². The third kappa shape index (κ3) is 3.56. The van der Waals surface area contributed by atoms with Gasteiger partial charge in [-0.15, -0.1) is 0 Å². The first-order valence-electron chi connectivity index (χ1n) is 5.76. The van der Waals surface area contributed by atoms with Crippen LogP contribution in [0.3, 0.4) is 0 Å². The fraction of sp³-hybridized carbons (Fsp3) is 1.00. The first-order chi connectivity index (χ1) is 6.77. The molecule has 1 aliphatic rings. The summed E-state index contributed by atoms with van der Waals surface area (Å²) in [6.07, 6.45) is 4.93. The lowest BCUT2D eigenvalue weighted by Gasteiger charge is -2.26. The molecule has 1 rings (SSSR count). The van der Waals surface area contributed by atoms with Crippen molar-refractivity contribution in [2.24, 2.45) is 5.73 Å². The van der Waals surface area contributed by atoms with E-state index in [1.54, 1.807) is 7.11 Å². The van der Waals surface area contributed by atoms with E-state index >= 15 is 0 Å². The Morgan fingerprint density at radius 2 is 2.36 bits per heavy atom. The van der Waals surface area contributed by atoms with Gasteiger partial charge in [0.2, 0.25) is 0 Å². The normalized spacial score (nSPS) is 25.5. The van der Waals surface area contributed by atoms with Crippen molar-refractivity contribution in [3.8, 4) is 0 Å². The molecule has 1 fully saturated rings. The molecule has 0 aromatic rings. The molecule has 0 aromatic heterocycles. The van der Waals surface area contributed by atoms with Crippen LogP contribution in [0.15, 0.2) is 0 Å². The van der Waals surface area contributed by atoms with Crippen molar-refractivity contribution in [2.45, 2.75) is 44.7 Å².